The number of aryl methyl sites for hydroxylation is 2. The molecule has 0 spiro atoms. The Bertz CT molecular complexity index is 1050. The fourth-order valence-electron chi connectivity index (χ4n) is 3.24. The zero-order valence-corrected chi connectivity index (χ0v) is 16.9. The summed E-state index contributed by atoms with van der Waals surface area (Å²) in [6.07, 6.45) is 0.394. The number of anilines is 1. The highest BCUT2D eigenvalue weighted by Gasteiger charge is 2.18. The smallest absolute Gasteiger partial charge is 0.226 e. The quantitative estimate of drug-likeness (QED) is 0.658. The minimum atomic E-state index is -0.857. The van der Waals surface area contributed by atoms with E-state index in [0.29, 0.717) is 17.8 Å². The van der Waals surface area contributed by atoms with Gasteiger partial charge in [0.2, 0.25) is 5.91 Å². The Hall–Kier alpha value is -2.76. The topological polar surface area (TPSA) is 46.9 Å². The van der Waals surface area contributed by atoms with Crippen LogP contribution in [-0.4, -0.2) is 15.5 Å². The summed E-state index contributed by atoms with van der Waals surface area (Å²) in [5.74, 6) is -1.25. The normalized spacial score (nSPS) is 11.8. The molecule has 3 rings (SSSR count). The van der Waals surface area contributed by atoms with Crippen molar-refractivity contribution in [2.45, 2.75) is 47.6 Å². The van der Waals surface area contributed by atoms with Crippen molar-refractivity contribution in [1.29, 1.82) is 0 Å². The molecule has 0 saturated heterocycles. The number of nitrogens with one attached hydrogen (secondary N) is 1. The maximum absolute atomic E-state index is 14.1. The third kappa shape index (κ3) is 4.21. The first kappa shape index (κ1) is 20.0. The Morgan fingerprint density at radius 2 is 1.89 bits per heavy atom. The van der Waals surface area contributed by atoms with Crippen LogP contribution in [0.1, 0.15) is 44.0 Å². The molecular formula is C22H25F2N3O. The summed E-state index contributed by atoms with van der Waals surface area (Å²) in [4.78, 5) is 16.9. The van der Waals surface area contributed by atoms with Crippen LogP contribution in [0.25, 0.3) is 11.0 Å². The molecule has 0 unspecified atom stereocenters. The van der Waals surface area contributed by atoms with Gasteiger partial charge in [0.25, 0.3) is 0 Å². The SMILES string of the molecule is Cc1cc2c(cc(C)n2Cc2cccc(F)c2F)nc1NC(=O)CC(C)(C)C. The monoisotopic (exact) mass is 385 g/mol. The van der Waals surface area contributed by atoms with Crippen molar-refractivity contribution in [3.05, 3.63) is 58.8 Å². The molecule has 0 saturated carbocycles. The molecule has 0 radical (unpaired) electrons. The molecule has 2 heterocycles. The first-order valence-corrected chi connectivity index (χ1v) is 9.25. The molecule has 0 bridgehead atoms. The van der Waals surface area contributed by atoms with Crippen LogP contribution in [-0.2, 0) is 11.3 Å². The van der Waals surface area contributed by atoms with Gasteiger partial charge in [-0.3, -0.25) is 4.79 Å². The third-order valence-electron chi connectivity index (χ3n) is 4.59. The van der Waals surface area contributed by atoms with Gasteiger partial charge < -0.3 is 9.88 Å². The van der Waals surface area contributed by atoms with Gasteiger partial charge in [-0.25, -0.2) is 13.8 Å². The highest BCUT2D eigenvalue weighted by molar-refractivity contribution is 5.92. The van der Waals surface area contributed by atoms with Crippen LogP contribution in [0.3, 0.4) is 0 Å². The summed E-state index contributed by atoms with van der Waals surface area (Å²) in [7, 11) is 0. The predicted octanol–water partition coefficient (Wildman–Crippen LogP) is 5.35. The van der Waals surface area contributed by atoms with E-state index in [9.17, 15) is 13.6 Å². The number of pyridine rings is 1. The number of fused-ring (bicyclic) bond motifs is 1. The summed E-state index contributed by atoms with van der Waals surface area (Å²) in [5, 5.41) is 2.88. The van der Waals surface area contributed by atoms with E-state index in [1.54, 1.807) is 6.07 Å². The second kappa shape index (κ2) is 7.34. The lowest BCUT2D eigenvalue weighted by Gasteiger charge is -2.17. The van der Waals surface area contributed by atoms with Crippen molar-refractivity contribution >= 4 is 22.8 Å². The van der Waals surface area contributed by atoms with Gasteiger partial charge in [0.05, 0.1) is 17.6 Å². The lowest BCUT2D eigenvalue weighted by atomic mass is 9.92. The number of rotatable bonds is 4. The first-order chi connectivity index (χ1) is 13.0. The molecule has 0 aliphatic carbocycles. The van der Waals surface area contributed by atoms with Crippen LogP contribution in [0, 0.1) is 30.9 Å². The lowest BCUT2D eigenvalue weighted by Crippen LogP contribution is -2.20. The number of halogens is 2. The Labute approximate surface area is 163 Å². The van der Waals surface area contributed by atoms with Crippen molar-refractivity contribution in [1.82, 2.24) is 9.55 Å². The van der Waals surface area contributed by atoms with E-state index in [0.717, 1.165) is 22.8 Å². The van der Waals surface area contributed by atoms with E-state index in [-0.39, 0.29) is 23.4 Å². The molecule has 0 fully saturated rings. The first-order valence-electron chi connectivity index (χ1n) is 9.25. The highest BCUT2D eigenvalue weighted by atomic mass is 19.2. The fourth-order valence-corrected chi connectivity index (χ4v) is 3.24. The van der Waals surface area contributed by atoms with Gasteiger partial charge in [-0.1, -0.05) is 32.9 Å². The molecule has 28 heavy (non-hydrogen) atoms. The average molecular weight is 385 g/mol. The van der Waals surface area contributed by atoms with Gasteiger partial charge >= 0.3 is 0 Å². The molecule has 1 N–H and O–H groups in total. The summed E-state index contributed by atoms with van der Waals surface area (Å²) in [5.41, 5.74) is 3.37. The molecule has 0 aliphatic heterocycles. The Kier molecular flexibility index (Phi) is 5.24. The number of carbonyl (C=O) groups is 1. The lowest BCUT2D eigenvalue weighted by molar-refractivity contribution is -0.117. The van der Waals surface area contributed by atoms with E-state index >= 15 is 0 Å². The zero-order valence-electron chi connectivity index (χ0n) is 16.9. The van der Waals surface area contributed by atoms with Crippen LogP contribution in [0.5, 0.6) is 0 Å². The van der Waals surface area contributed by atoms with Crippen LogP contribution >= 0.6 is 0 Å². The molecular weight excluding hydrogens is 360 g/mol. The number of aromatic nitrogens is 2. The standard InChI is InChI=1S/C22H25F2N3O/c1-13-9-18-17(25-21(13)26-19(28)11-22(3,4)5)10-14(2)27(18)12-15-7-6-8-16(23)20(15)24/h6-10H,11-12H2,1-5H3,(H,25,26,28). The van der Waals surface area contributed by atoms with Crippen LogP contribution in [0.2, 0.25) is 0 Å². The van der Waals surface area contributed by atoms with Crippen molar-refractivity contribution in [3.63, 3.8) is 0 Å². The minimum absolute atomic E-state index is 0.0829. The van der Waals surface area contributed by atoms with Gasteiger partial charge in [-0.2, -0.15) is 0 Å². The maximum atomic E-state index is 14.1. The van der Waals surface area contributed by atoms with E-state index in [2.05, 4.69) is 10.3 Å². The molecule has 1 aromatic carbocycles. The van der Waals surface area contributed by atoms with Crippen LogP contribution in [0.4, 0.5) is 14.6 Å². The van der Waals surface area contributed by atoms with E-state index in [1.807, 2.05) is 51.3 Å². The molecule has 3 aromatic rings. The number of amides is 1. The van der Waals surface area contributed by atoms with Crippen molar-refractivity contribution in [2.24, 2.45) is 5.41 Å². The Morgan fingerprint density at radius 3 is 2.57 bits per heavy atom. The predicted molar refractivity (Wildman–Crippen MR) is 107 cm³/mol. The second-order valence-corrected chi connectivity index (χ2v) is 8.43. The van der Waals surface area contributed by atoms with Crippen molar-refractivity contribution in [3.8, 4) is 0 Å². The molecule has 148 valence electrons. The molecule has 0 aliphatic rings. The average Bonchev–Trinajstić information content (AvgIpc) is 2.85. The number of hydrogen-bond acceptors (Lipinski definition) is 2. The van der Waals surface area contributed by atoms with E-state index in [4.69, 9.17) is 0 Å². The number of benzene rings is 1. The summed E-state index contributed by atoms with van der Waals surface area (Å²) in [6.45, 7) is 9.98. The molecule has 2 aromatic heterocycles. The number of carbonyl (C=O) groups excluding carboxylic acids is 1. The zero-order chi connectivity index (χ0) is 20.6. The van der Waals surface area contributed by atoms with E-state index in [1.165, 1.54) is 6.07 Å². The van der Waals surface area contributed by atoms with Crippen LogP contribution in [0.15, 0.2) is 30.3 Å². The summed E-state index contributed by atoms with van der Waals surface area (Å²) < 4.78 is 29.5. The van der Waals surface area contributed by atoms with Gasteiger partial charge in [-0.15, -0.1) is 0 Å². The summed E-state index contributed by atoms with van der Waals surface area (Å²) in [6, 6.07) is 7.98. The van der Waals surface area contributed by atoms with Crippen LogP contribution < -0.4 is 5.32 Å². The molecule has 6 heteroatoms. The molecule has 4 nitrogen and oxygen atoms in total. The number of nitrogens with zero attached hydrogens (tertiary/aromatic N) is 2. The van der Waals surface area contributed by atoms with Gasteiger partial charge in [0.1, 0.15) is 5.82 Å². The van der Waals surface area contributed by atoms with E-state index < -0.39 is 11.6 Å². The minimum Gasteiger partial charge on any atom is -0.339 e. The molecule has 0 atom stereocenters. The third-order valence-corrected chi connectivity index (χ3v) is 4.59. The van der Waals surface area contributed by atoms with Crippen molar-refractivity contribution in [2.75, 3.05) is 5.32 Å². The Morgan fingerprint density at radius 1 is 1.18 bits per heavy atom. The van der Waals surface area contributed by atoms with Gasteiger partial charge in [-0.05, 0) is 43.0 Å². The molecule has 1 amide bonds. The van der Waals surface area contributed by atoms with Crippen molar-refractivity contribution < 1.29 is 13.6 Å². The van der Waals surface area contributed by atoms with Gasteiger partial charge in [0.15, 0.2) is 11.6 Å². The van der Waals surface area contributed by atoms with Gasteiger partial charge in [0, 0.05) is 17.7 Å². The Balaban J connectivity index is 1.95. The highest BCUT2D eigenvalue weighted by Crippen LogP contribution is 2.26. The number of hydrogen-bond donors (Lipinski definition) is 1. The second-order valence-electron chi connectivity index (χ2n) is 8.43. The fraction of sp³-hybridized carbons (Fsp3) is 0.364. The summed E-state index contributed by atoms with van der Waals surface area (Å²) >= 11 is 0. The maximum Gasteiger partial charge on any atom is 0.226 e. The largest absolute Gasteiger partial charge is 0.339 e.